The molecule has 1 unspecified atom stereocenters. The first kappa shape index (κ1) is 16.0. The number of thiophene rings is 1. The Kier molecular flexibility index (Phi) is 5.31. The number of hydrogen-bond donors (Lipinski definition) is 0. The van der Waals surface area contributed by atoms with Gasteiger partial charge in [-0.25, -0.2) is 0 Å². The maximum Gasteiger partial charge on any atom is 0.161 e. The van der Waals surface area contributed by atoms with E-state index in [1.54, 1.807) is 25.6 Å². The molecule has 0 saturated carbocycles. The van der Waals surface area contributed by atoms with Gasteiger partial charge in [0, 0.05) is 26.4 Å². The summed E-state index contributed by atoms with van der Waals surface area (Å²) in [4.78, 5) is 4.67. The Morgan fingerprint density at radius 2 is 2.13 bits per heavy atom. The highest BCUT2D eigenvalue weighted by atomic mass is 32.1. The molecule has 2 aromatic rings. The van der Waals surface area contributed by atoms with Crippen LogP contribution in [0, 0.1) is 0 Å². The largest absolute Gasteiger partial charge is 0.493 e. The number of ether oxygens (including phenoxy) is 3. The molecule has 2 heterocycles. The highest BCUT2D eigenvalue weighted by molar-refractivity contribution is 7.07. The molecule has 0 amide bonds. The smallest absolute Gasteiger partial charge is 0.161 e. The van der Waals surface area contributed by atoms with Gasteiger partial charge in [0.25, 0.3) is 0 Å². The SMILES string of the molecule is COCCCOc1cc2c(cc1OC)C=NC(c1ccsc1)C2. The summed E-state index contributed by atoms with van der Waals surface area (Å²) in [5.41, 5.74) is 3.63. The summed E-state index contributed by atoms with van der Waals surface area (Å²) in [5, 5.41) is 4.26. The molecule has 0 fully saturated rings. The van der Waals surface area contributed by atoms with Gasteiger partial charge in [-0.2, -0.15) is 11.3 Å². The Morgan fingerprint density at radius 3 is 2.87 bits per heavy atom. The first-order valence-corrected chi connectivity index (χ1v) is 8.64. The van der Waals surface area contributed by atoms with Crippen molar-refractivity contribution in [3.8, 4) is 11.5 Å². The van der Waals surface area contributed by atoms with E-state index in [1.165, 1.54) is 11.1 Å². The lowest BCUT2D eigenvalue weighted by Crippen LogP contribution is -2.10. The van der Waals surface area contributed by atoms with Gasteiger partial charge in [0.15, 0.2) is 11.5 Å². The molecule has 0 saturated heterocycles. The summed E-state index contributed by atoms with van der Waals surface area (Å²) in [7, 11) is 3.36. The van der Waals surface area contributed by atoms with Crippen LogP contribution in [-0.4, -0.2) is 33.6 Å². The average molecular weight is 331 g/mol. The van der Waals surface area contributed by atoms with E-state index >= 15 is 0 Å². The maximum absolute atomic E-state index is 5.87. The molecule has 122 valence electrons. The quantitative estimate of drug-likeness (QED) is 0.723. The molecule has 5 heteroatoms. The second kappa shape index (κ2) is 7.62. The number of hydrogen-bond acceptors (Lipinski definition) is 5. The van der Waals surface area contributed by atoms with Gasteiger partial charge in [-0.1, -0.05) is 0 Å². The zero-order chi connectivity index (χ0) is 16.1. The average Bonchev–Trinajstić information content (AvgIpc) is 3.12. The van der Waals surface area contributed by atoms with E-state index in [9.17, 15) is 0 Å². The van der Waals surface area contributed by atoms with Crippen LogP contribution in [-0.2, 0) is 11.2 Å². The normalized spacial score (nSPS) is 16.2. The lowest BCUT2D eigenvalue weighted by Gasteiger charge is -2.20. The lowest BCUT2D eigenvalue weighted by atomic mass is 9.94. The predicted molar refractivity (Wildman–Crippen MR) is 93.3 cm³/mol. The van der Waals surface area contributed by atoms with Crippen LogP contribution in [0.2, 0.25) is 0 Å². The van der Waals surface area contributed by atoms with Crippen molar-refractivity contribution in [1.29, 1.82) is 0 Å². The van der Waals surface area contributed by atoms with Gasteiger partial charge in [-0.15, -0.1) is 0 Å². The van der Waals surface area contributed by atoms with E-state index in [1.807, 2.05) is 12.3 Å². The second-order valence-corrected chi connectivity index (χ2v) is 6.23. The Balaban J connectivity index is 1.78. The minimum atomic E-state index is 0.198. The van der Waals surface area contributed by atoms with Gasteiger partial charge < -0.3 is 14.2 Å². The highest BCUT2D eigenvalue weighted by Gasteiger charge is 2.20. The van der Waals surface area contributed by atoms with Crippen LogP contribution in [0.4, 0.5) is 0 Å². The van der Waals surface area contributed by atoms with E-state index in [-0.39, 0.29) is 6.04 Å². The number of rotatable bonds is 7. The zero-order valence-corrected chi connectivity index (χ0v) is 14.3. The molecular weight excluding hydrogens is 310 g/mol. The van der Waals surface area contributed by atoms with Crippen molar-refractivity contribution < 1.29 is 14.2 Å². The van der Waals surface area contributed by atoms with Crippen molar-refractivity contribution in [2.75, 3.05) is 27.4 Å². The number of fused-ring (bicyclic) bond motifs is 1. The maximum atomic E-state index is 5.87. The van der Waals surface area contributed by atoms with Gasteiger partial charge in [0.05, 0.1) is 19.8 Å². The van der Waals surface area contributed by atoms with Crippen LogP contribution in [0.25, 0.3) is 0 Å². The first-order chi connectivity index (χ1) is 11.3. The molecule has 1 aliphatic heterocycles. The Bertz CT molecular complexity index is 667. The molecule has 4 nitrogen and oxygen atoms in total. The summed E-state index contributed by atoms with van der Waals surface area (Å²) in [5.74, 6) is 1.54. The van der Waals surface area contributed by atoms with Crippen LogP contribution in [0.3, 0.4) is 0 Å². The van der Waals surface area contributed by atoms with Crippen LogP contribution < -0.4 is 9.47 Å². The Hall–Kier alpha value is -1.85. The van der Waals surface area contributed by atoms with E-state index in [0.717, 1.165) is 29.9 Å². The molecule has 0 N–H and O–H groups in total. The van der Waals surface area contributed by atoms with E-state index < -0.39 is 0 Å². The molecule has 3 rings (SSSR count). The number of methoxy groups -OCH3 is 2. The second-order valence-electron chi connectivity index (χ2n) is 5.45. The van der Waals surface area contributed by atoms with Crippen LogP contribution in [0.1, 0.15) is 29.2 Å². The predicted octanol–water partition coefficient (Wildman–Crippen LogP) is 3.89. The molecule has 0 aliphatic carbocycles. The molecule has 0 bridgehead atoms. The fourth-order valence-electron chi connectivity index (χ4n) is 2.67. The van der Waals surface area contributed by atoms with Crippen LogP contribution >= 0.6 is 11.3 Å². The van der Waals surface area contributed by atoms with E-state index in [2.05, 4.69) is 27.9 Å². The molecule has 1 aromatic carbocycles. The molecule has 23 heavy (non-hydrogen) atoms. The molecule has 1 aromatic heterocycles. The summed E-state index contributed by atoms with van der Waals surface area (Å²) in [6.45, 7) is 1.31. The molecular formula is C18H21NO3S. The third-order valence-electron chi connectivity index (χ3n) is 3.91. The molecule has 0 radical (unpaired) electrons. The van der Waals surface area contributed by atoms with Gasteiger partial charge in [-0.3, -0.25) is 4.99 Å². The zero-order valence-electron chi connectivity index (χ0n) is 13.5. The Labute approximate surface area is 140 Å². The third kappa shape index (κ3) is 3.74. The van der Waals surface area contributed by atoms with Crippen molar-refractivity contribution >= 4 is 17.6 Å². The third-order valence-corrected chi connectivity index (χ3v) is 4.61. The Morgan fingerprint density at radius 1 is 1.22 bits per heavy atom. The van der Waals surface area contributed by atoms with Gasteiger partial charge in [-0.05, 0) is 52.1 Å². The van der Waals surface area contributed by atoms with E-state index in [4.69, 9.17) is 14.2 Å². The molecule has 0 spiro atoms. The van der Waals surface area contributed by atoms with Gasteiger partial charge in [0.1, 0.15) is 0 Å². The van der Waals surface area contributed by atoms with Crippen molar-refractivity contribution in [2.45, 2.75) is 18.9 Å². The fourth-order valence-corrected chi connectivity index (χ4v) is 3.38. The summed E-state index contributed by atoms with van der Waals surface area (Å²) in [6, 6.07) is 6.44. The standard InChI is InChI=1S/C18H21NO3S/c1-20-5-3-6-22-18-9-14-8-16(13-4-7-23-12-13)19-11-15(14)10-17(18)21-2/h4,7,9-12,16H,3,5-6,8H2,1-2H3. The topological polar surface area (TPSA) is 40.0 Å². The minimum Gasteiger partial charge on any atom is -0.493 e. The van der Waals surface area contributed by atoms with Crippen LogP contribution in [0.5, 0.6) is 11.5 Å². The van der Waals surface area contributed by atoms with Crippen molar-refractivity contribution in [3.63, 3.8) is 0 Å². The van der Waals surface area contributed by atoms with E-state index in [0.29, 0.717) is 13.2 Å². The van der Waals surface area contributed by atoms with Crippen LogP contribution in [0.15, 0.2) is 34.0 Å². The lowest BCUT2D eigenvalue weighted by molar-refractivity contribution is 0.170. The summed E-state index contributed by atoms with van der Waals surface area (Å²) >= 11 is 1.71. The van der Waals surface area contributed by atoms with Crippen molar-refractivity contribution in [2.24, 2.45) is 4.99 Å². The van der Waals surface area contributed by atoms with Gasteiger partial charge >= 0.3 is 0 Å². The molecule has 1 aliphatic rings. The summed E-state index contributed by atoms with van der Waals surface area (Å²) < 4.78 is 16.4. The fraction of sp³-hybridized carbons (Fsp3) is 0.389. The number of nitrogens with zero attached hydrogens (tertiary/aromatic N) is 1. The first-order valence-electron chi connectivity index (χ1n) is 7.69. The highest BCUT2D eigenvalue weighted by Crippen LogP contribution is 2.35. The minimum absolute atomic E-state index is 0.198. The summed E-state index contributed by atoms with van der Waals surface area (Å²) in [6.07, 6.45) is 3.69. The monoisotopic (exact) mass is 331 g/mol. The van der Waals surface area contributed by atoms with Gasteiger partial charge in [0.2, 0.25) is 0 Å². The number of benzene rings is 1. The number of aliphatic imine (C=N–C) groups is 1. The van der Waals surface area contributed by atoms with Crippen molar-refractivity contribution in [3.05, 3.63) is 45.6 Å². The van der Waals surface area contributed by atoms with Crippen molar-refractivity contribution in [1.82, 2.24) is 0 Å². The molecule has 1 atom stereocenters.